The molecule has 1 saturated heterocycles. The minimum absolute atomic E-state index is 0.0453. The lowest BCUT2D eigenvalue weighted by Crippen LogP contribution is -2.55. The van der Waals surface area contributed by atoms with Gasteiger partial charge < -0.3 is 14.9 Å². The zero-order valence-corrected chi connectivity index (χ0v) is 25.6. The molecule has 1 saturated carbocycles. The van der Waals surface area contributed by atoms with E-state index in [9.17, 15) is 34.2 Å². The molecular weight excluding hydrogens is 618 g/mol. The van der Waals surface area contributed by atoms with Crippen LogP contribution in [0, 0.1) is 29.1 Å². The number of nitrogens with zero attached hydrogens (tertiary/aromatic N) is 1. The van der Waals surface area contributed by atoms with Crippen molar-refractivity contribution in [2.45, 2.75) is 39.5 Å². The molecule has 6 atom stereocenters. The molecule has 222 valence electrons. The minimum atomic E-state index is -1.18. The van der Waals surface area contributed by atoms with Gasteiger partial charge in [-0.25, -0.2) is 4.79 Å². The molecule has 1 heterocycles. The summed E-state index contributed by atoms with van der Waals surface area (Å²) in [7, 11) is 1.42. The van der Waals surface area contributed by atoms with Gasteiger partial charge in [-0.1, -0.05) is 24.6 Å². The van der Waals surface area contributed by atoms with Crippen LogP contribution in [-0.4, -0.2) is 46.7 Å². The van der Waals surface area contributed by atoms with E-state index >= 15 is 0 Å². The Labute approximate surface area is 256 Å². The van der Waals surface area contributed by atoms with Crippen molar-refractivity contribution in [2.75, 3.05) is 12.0 Å². The fourth-order valence-corrected chi connectivity index (χ4v) is 8.37. The second kappa shape index (κ2) is 10.0. The van der Waals surface area contributed by atoms with Gasteiger partial charge in [-0.05, 0) is 95.6 Å². The molecule has 0 aromatic heterocycles. The van der Waals surface area contributed by atoms with Gasteiger partial charge in [0.15, 0.2) is 23.1 Å². The molecule has 2 aromatic carbocycles. The Morgan fingerprint density at radius 3 is 2.44 bits per heavy atom. The Hall–Kier alpha value is -4.05. The molecule has 1 aliphatic heterocycles. The number of anilines is 1. The summed E-state index contributed by atoms with van der Waals surface area (Å²) < 4.78 is 5.79. The molecule has 6 rings (SSSR count). The summed E-state index contributed by atoms with van der Waals surface area (Å²) in [5.74, 6) is -5.64. The average molecular weight is 649 g/mol. The highest BCUT2D eigenvalue weighted by Crippen LogP contribution is 2.63. The molecule has 0 spiro atoms. The predicted molar refractivity (Wildman–Crippen MR) is 159 cm³/mol. The van der Waals surface area contributed by atoms with E-state index in [1.165, 1.54) is 31.4 Å². The van der Waals surface area contributed by atoms with Crippen LogP contribution in [0.2, 0.25) is 0 Å². The van der Waals surface area contributed by atoms with Crippen LogP contribution < -0.4 is 9.64 Å². The second-order valence-electron chi connectivity index (χ2n) is 12.0. The summed E-state index contributed by atoms with van der Waals surface area (Å²) in [6.45, 7) is 5.13. The number of aromatic hydroxyl groups is 1. The van der Waals surface area contributed by atoms with Crippen molar-refractivity contribution in [2.24, 2.45) is 29.1 Å². The number of allylic oxidation sites excluding steroid dienone is 4. The number of methoxy groups -OCH3 is 1. The number of halogens is 1. The summed E-state index contributed by atoms with van der Waals surface area (Å²) in [6.07, 6.45) is 2.40. The molecular formula is C33H30BrNO8. The molecule has 2 aromatic rings. The van der Waals surface area contributed by atoms with Gasteiger partial charge in [0.1, 0.15) is 0 Å². The fraction of sp³-hybridized carbons (Fsp3) is 0.364. The largest absolute Gasteiger partial charge is 0.503 e. The first kappa shape index (κ1) is 29.0. The Morgan fingerprint density at radius 2 is 1.77 bits per heavy atom. The quantitative estimate of drug-likeness (QED) is 0.341. The number of carboxylic acids is 1. The van der Waals surface area contributed by atoms with Gasteiger partial charge in [0, 0.05) is 11.8 Å². The van der Waals surface area contributed by atoms with Crippen LogP contribution in [-0.2, 0) is 19.2 Å². The third-order valence-corrected chi connectivity index (χ3v) is 10.7. The number of aromatic carboxylic acids is 1. The summed E-state index contributed by atoms with van der Waals surface area (Å²) in [4.78, 5) is 68.6. The fourth-order valence-electron chi connectivity index (χ4n) is 7.91. The van der Waals surface area contributed by atoms with E-state index in [4.69, 9.17) is 4.74 Å². The molecule has 0 radical (unpaired) electrons. The SMILES string of the molecule is COc1cc([C@H]2C3=CC[C@@H]4C(=O)N(c5cccc(C(=O)O)c5)C(=O)[C@@H]4[C@@H]3C[C@H]3C(=O)C(C)=C(C)C(=O)[C@@]23C)cc(Br)c1O. The van der Waals surface area contributed by atoms with Crippen molar-refractivity contribution >= 4 is 51.0 Å². The summed E-state index contributed by atoms with van der Waals surface area (Å²) in [6, 6.07) is 9.10. The number of carboxylic acid groups (broad SMARTS) is 1. The van der Waals surface area contributed by atoms with E-state index < -0.39 is 52.8 Å². The van der Waals surface area contributed by atoms with Gasteiger partial charge >= 0.3 is 5.97 Å². The van der Waals surface area contributed by atoms with E-state index in [2.05, 4.69) is 15.9 Å². The number of Topliss-reactive ketones (excluding diaryl/α,β-unsaturated/α-hetero) is 2. The highest BCUT2D eigenvalue weighted by atomic mass is 79.9. The molecule has 2 fully saturated rings. The first-order chi connectivity index (χ1) is 20.3. The number of rotatable bonds is 4. The highest BCUT2D eigenvalue weighted by Gasteiger charge is 2.64. The lowest BCUT2D eigenvalue weighted by Gasteiger charge is -2.54. The number of carbonyl (C=O) groups excluding carboxylic acids is 4. The van der Waals surface area contributed by atoms with Crippen LogP contribution in [0.1, 0.15) is 55.5 Å². The lowest BCUT2D eigenvalue weighted by molar-refractivity contribution is -0.142. The highest BCUT2D eigenvalue weighted by molar-refractivity contribution is 9.10. The van der Waals surface area contributed by atoms with E-state index in [0.29, 0.717) is 21.2 Å². The number of benzene rings is 2. The molecule has 43 heavy (non-hydrogen) atoms. The number of phenolic OH excluding ortho intramolecular Hbond substituents is 1. The standard InChI is InChI=1S/C33H30BrNO8/c1-14-15(2)29(38)33(3)22(27(14)36)13-21-19(26(33)17-11-23(34)28(37)24(12-17)43-4)8-9-20-25(21)31(40)35(30(20)39)18-7-5-6-16(10-18)32(41)42/h5-8,10-12,20-22,25-26,37H,9,13H2,1-4H3,(H,41,42)/t20-,21+,22-,25-,26-,33+/m0/s1. The average Bonchev–Trinajstić information content (AvgIpc) is 3.25. The third kappa shape index (κ3) is 3.98. The monoisotopic (exact) mass is 647 g/mol. The van der Waals surface area contributed by atoms with Crippen molar-refractivity contribution in [1.82, 2.24) is 0 Å². The van der Waals surface area contributed by atoms with Gasteiger partial charge in [0.05, 0.1) is 40.1 Å². The van der Waals surface area contributed by atoms with Crippen LogP contribution in [0.5, 0.6) is 11.5 Å². The maximum absolute atomic E-state index is 14.2. The lowest BCUT2D eigenvalue weighted by atomic mass is 9.46. The van der Waals surface area contributed by atoms with E-state index in [-0.39, 0.29) is 47.2 Å². The Bertz CT molecular complexity index is 1720. The second-order valence-corrected chi connectivity index (χ2v) is 12.9. The first-order valence-electron chi connectivity index (χ1n) is 14.1. The molecule has 3 aliphatic carbocycles. The van der Waals surface area contributed by atoms with E-state index in [1.54, 1.807) is 32.9 Å². The van der Waals surface area contributed by atoms with Crippen LogP contribution in [0.15, 0.2) is 63.7 Å². The number of ketones is 2. The number of imide groups is 1. The number of hydrogen-bond donors (Lipinski definition) is 2. The molecule has 0 unspecified atom stereocenters. The number of carbonyl (C=O) groups is 5. The summed E-state index contributed by atoms with van der Waals surface area (Å²) in [5.41, 5.74) is 1.21. The number of hydrogen-bond acceptors (Lipinski definition) is 7. The predicted octanol–water partition coefficient (Wildman–Crippen LogP) is 5.21. The van der Waals surface area contributed by atoms with Crippen LogP contribution in [0.3, 0.4) is 0 Å². The van der Waals surface area contributed by atoms with Gasteiger partial charge in [-0.3, -0.25) is 24.1 Å². The maximum Gasteiger partial charge on any atom is 0.335 e. The normalized spacial score (nSPS) is 30.1. The zero-order valence-electron chi connectivity index (χ0n) is 24.0. The maximum atomic E-state index is 14.2. The number of phenols is 1. The number of amides is 2. The van der Waals surface area contributed by atoms with Crippen molar-refractivity contribution < 1.29 is 38.9 Å². The molecule has 2 amide bonds. The Balaban J connectivity index is 1.52. The molecule has 0 bridgehead atoms. The Kier molecular flexibility index (Phi) is 6.76. The van der Waals surface area contributed by atoms with Crippen molar-refractivity contribution in [3.8, 4) is 11.5 Å². The van der Waals surface area contributed by atoms with E-state index in [1.807, 2.05) is 6.08 Å². The van der Waals surface area contributed by atoms with Gasteiger partial charge in [-0.2, -0.15) is 0 Å². The summed E-state index contributed by atoms with van der Waals surface area (Å²) in [5, 5.41) is 20.0. The zero-order chi connectivity index (χ0) is 31.1. The molecule has 4 aliphatic rings. The topological polar surface area (TPSA) is 138 Å². The summed E-state index contributed by atoms with van der Waals surface area (Å²) >= 11 is 3.40. The van der Waals surface area contributed by atoms with Crippen LogP contribution in [0.25, 0.3) is 0 Å². The van der Waals surface area contributed by atoms with Gasteiger partial charge in [0.2, 0.25) is 11.8 Å². The van der Waals surface area contributed by atoms with Gasteiger partial charge in [-0.15, -0.1) is 0 Å². The van der Waals surface area contributed by atoms with Gasteiger partial charge in [0.25, 0.3) is 0 Å². The number of ether oxygens (including phenoxy) is 1. The number of fused-ring (bicyclic) bond motifs is 4. The Morgan fingerprint density at radius 1 is 1.05 bits per heavy atom. The third-order valence-electron chi connectivity index (χ3n) is 10.1. The van der Waals surface area contributed by atoms with Crippen LogP contribution in [0.4, 0.5) is 5.69 Å². The van der Waals surface area contributed by atoms with Crippen molar-refractivity contribution in [3.63, 3.8) is 0 Å². The van der Waals surface area contributed by atoms with Crippen molar-refractivity contribution in [1.29, 1.82) is 0 Å². The first-order valence-corrected chi connectivity index (χ1v) is 14.9. The van der Waals surface area contributed by atoms with Crippen LogP contribution >= 0.6 is 15.9 Å². The molecule has 10 heteroatoms. The molecule has 9 nitrogen and oxygen atoms in total. The smallest absolute Gasteiger partial charge is 0.335 e. The molecule has 2 N–H and O–H groups in total. The van der Waals surface area contributed by atoms with E-state index in [0.717, 1.165) is 10.5 Å². The minimum Gasteiger partial charge on any atom is -0.503 e. The van der Waals surface area contributed by atoms with Crippen molar-refractivity contribution in [3.05, 3.63) is 74.8 Å².